The molecule has 0 aliphatic carbocycles. The summed E-state index contributed by atoms with van der Waals surface area (Å²) in [4.78, 5) is 1.41. The van der Waals surface area contributed by atoms with Crippen LogP contribution in [0.1, 0.15) is 45.2 Å². The highest BCUT2D eigenvalue weighted by Gasteiger charge is 2.13. The van der Waals surface area contributed by atoms with Gasteiger partial charge in [-0.1, -0.05) is 45.4 Å². The molecule has 0 heterocycles. The van der Waals surface area contributed by atoms with Gasteiger partial charge in [-0.25, -0.2) is 0 Å². The smallest absolute Gasteiger partial charge is 0.0108 e. The Kier molecular flexibility index (Phi) is 6.24. The lowest BCUT2D eigenvalue weighted by Gasteiger charge is -2.19. The van der Waals surface area contributed by atoms with E-state index in [1.807, 2.05) is 11.8 Å². The van der Waals surface area contributed by atoms with Gasteiger partial charge >= 0.3 is 0 Å². The molecule has 0 aromatic heterocycles. The lowest BCUT2D eigenvalue weighted by Crippen LogP contribution is -2.22. The molecule has 2 atom stereocenters. The SMILES string of the molecule is CCC(N)Cc1cc(C)ccc1SC(C)C(C)C. The molecule has 2 unspecified atom stereocenters. The van der Waals surface area contributed by atoms with Crippen molar-refractivity contribution in [2.45, 2.75) is 63.6 Å². The average Bonchev–Trinajstić information content (AvgIpc) is 2.32. The maximum Gasteiger partial charge on any atom is 0.0108 e. The van der Waals surface area contributed by atoms with E-state index < -0.39 is 0 Å². The molecule has 18 heavy (non-hydrogen) atoms. The van der Waals surface area contributed by atoms with Gasteiger partial charge in [0.05, 0.1) is 0 Å². The second-order valence-corrected chi connectivity index (χ2v) is 6.97. The quantitative estimate of drug-likeness (QED) is 0.771. The molecular formula is C16H27NS. The summed E-state index contributed by atoms with van der Waals surface area (Å²) in [5, 5.41) is 0.643. The van der Waals surface area contributed by atoms with E-state index in [1.165, 1.54) is 16.0 Å². The molecule has 0 saturated carbocycles. The van der Waals surface area contributed by atoms with Crippen LogP contribution < -0.4 is 5.73 Å². The molecule has 0 aliphatic heterocycles. The monoisotopic (exact) mass is 265 g/mol. The van der Waals surface area contributed by atoms with Gasteiger partial charge in [-0.05, 0) is 37.3 Å². The molecule has 0 fully saturated rings. The fraction of sp³-hybridized carbons (Fsp3) is 0.625. The van der Waals surface area contributed by atoms with Crippen molar-refractivity contribution in [1.82, 2.24) is 0 Å². The van der Waals surface area contributed by atoms with Crippen molar-refractivity contribution in [2.75, 3.05) is 0 Å². The molecule has 102 valence electrons. The highest BCUT2D eigenvalue weighted by atomic mass is 32.2. The summed E-state index contributed by atoms with van der Waals surface area (Å²) in [6, 6.07) is 7.04. The van der Waals surface area contributed by atoms with Gasteiger partial charge in [-0.3, -0.25) is 0 Å². The topological polar surface area (TPSA) is 26.0 Å². The number of rotatable bonds is 6. The molecular weight excluding hydrogens is 238 g/mol. The Labute approximate surface area is 117 Å². The van der Waals surface area contributed by atoms with Crippen molar-refractivity contribution in [3.8, 4) is 0 Å². The summed E-state index contributed by atoms with van der Waals surface area (Å²) < 4.78 is 0. The first kappa shape index (κ1) is 15.6. The van der Waals surface area contributed by atoms with Crippen molar-refractivity contribution in [3.63, 3.8) is 0 Å². The minimum atomic E-state index is 0.278. The summed E-state index contributed by atoms with van der Waals surface area (Å²) >= 11 is 1.98. The van der Waals surface area contributed by atoms with E-state index in [0.29, 0.717) is 11.2 Å². The van der Waals surface area contributed by atoms with Crippen LogP contribution >= 0.6 is 11.8 Å². The molecule has 0 radical (unpaired) electrons. The Morgan fingerprint density at radius 3 is 2.44 bits per heavy atom. The molecule has 1 aromatic rings. The Balaban J connectivity index is 2.89. The first-order valence-electron chi connectivity index (χ1n) is 6.95. The third kappa shape index (κ3) is 4.66. The standard InChI is InChI=1S/C16H27NS/c1-6-15(17)10-14-9-12(4)7-8-16(14)18-13(5)11(2)3/h7-9,11,13,15H,6,10,17H2,1-5H3. The second-order valence-electron chi connectivity index (χ2n) is 5.55. The average molecular weight is 265 g/mol. The Morgan fingerprint density at radius 2 is 1.89 bits per heavy atom. The number of aryl methyl sites for hydroxylation is 1. The van der Waals surface area contributed by atoms with Crippen molar-refractivity contribution >= 4 is 11.8 Å². The maximum atomic E-state index is 6.11. The predicted octanol–water partition coefficient (Wildman–Crippen LogP) is 4.41. The number of hydrogen-bond donors (Lipinski definition) is 1. The Hall–Kier alpha value is -0.470. The highest BCUT2D eigenvalue weighted by Crippen LogP contribution is 2.31. The van der Waals surface area contributed by atoms with Gasteiger partial charge in [-0.2, -0.15) is 0 Å². The van der Waals surface area contributed by atoms with Crippen molar-refractivity contribution in [2.24, 2.45) is 11.7 Å². The van der Waals surface area contributed by atoms with Crippen LogP contribution in [0, 0.1) is 12.8 Å². The molecule has 2 N–H and O–H groups in total. The second kappa shape index (κ2) is 7.20. The molecule has 2 heteroatoms. The van der Waals surface area contributed by atoms with Crippen LogP contribution in [0.4, 0.5) is 0 Å². The van der Waals surface area contributed by atoms with Gasteiger partial charge in [0, 0.05) is 16.2 Å². The van der Waals surface area contributed by atoms with Crippen molar-refractivity contribution in [1.29, 1.82) is 0 Å². The van der Waals surface area contributed by atoms with Gasteiger partial charge in [0.1, 0.15) is 0 Å². The first-order valence-corrected chi connectivity index (χ1v) is 7.83. The van der Waals surface area contributed by atoms with E-state index in [4.69, 9.17) is 5.73 Å². The van der Waals surface area contributed by atoms with Crippen LogP contribution in [-0.4, -0.2) is 11.3 Å². The third-order valence-electron chi connectivity index (χ3n) is 3.47. The summed E-state index contributed by atoms with van der Waals surface area (Å²) in [6.07, 6.45) is 2.03. The zero-order valence-electron chi connectivity index (χ0n) is 12.4. The van der Waals surface area contributed by atoms with E-state index in [2.05, 4.69) is 52.8 Å². The zero-order valence-corrected chi connectivity index (χ0v) is 13.2. The van der Waals surface area contributed by atoms with E-state index in [1.54, 1.807) is 0 Å². The van der Waals surface area contributed by atoms with Gasteiger partial charge in [0.15, 0.2) is 0 Å². The van der Waals surface area contributed by atoms with Crippen LogP contribution in [0.2, 0.25) is 0 Å². The largest absolute Gasteiger partial charge is 0.327 e. The molecule has 0 saturated heterocycles. The summed E-state index contributed by atoms with van der Waals surface area (Å²) in [5.74, 6) is 0.698. The number of nitrogens with two attached hydrogens (primary N) is 1. The number of thioether (sulfide) groups is 1. The lowest BCUT2D eigenvalue weighted by atomic mass is 10.0. The van der Waals surface area contributed by atoms with Crippen LogP contribution in [0.15, 0.2) is 23.1 Å². The molecule has 0 spiro atoms. The molecule has 0 bridgehead atoms. The highest BCUT2D eigenvalue weighted by molar-refractivity contribution is 8.00. The normalized spacial score (nSPS) is 14.8. The zero-order chi connectivity index (χ0) is 13.7. The fourth-order valence-electron chi connectivity index (χ4n) is 1.75. The van der Waals surface area contributed by atoms with Crippen LogP contribution in [0.3, 0.4) is 0 Å². The van der Waals surface area contributed by atoms with E-state index >= 15 is 0 Å². The lowest BCUT2D eigenvalue weighted by molar-refractivity contribution is 0.634. The Bertz CT molecular complexity index is 373. The van der Waals surface area contributed by atoms with Gasteiger partial charge in [-0.15, -0.1) is 11.8 Å². The van der Waals surface area contributed by atoms with Crippen LogP contribution in [0.5, 0.6) is 0 Å². The van der Waals surface area contributed by atoms with E-state index in [0.717, 1.165) is 12.8 Å². The number of hydrogen-bond acceptors (Lipinski definition) is 2. The minimum Gasteiger partial charge on any atom is -0.327 e. The van der Waals surface area contributed by atoms with Crippen LogP contribution in [-0.2, 0) is 6.42 Å². The minimum absolute atomic E-state index is 0.278. The van der Waals surface area contributed by atoms with Gasteiger partial charge in [0.2, 0.25) is 0 Å². The van der Waals surface area contributed by atoms with E-state index in [-0.39, 0.29) is 6.04 Å². The molecule has 0 amide bonds. The summed E-state index contributed by atoms with van der Waals surface area (Å²) in [7, 11) is 0. The molecule has 1 aromatic carbocycles. The summed E-state index contributed by atoms with van der Waals surface area (Å²) in [5.41, 5.74) is 8.85. The fourth-order valence-corrected chi connectivity index (χ4v) is 2.86. The molecule has 1 rings (SSSR count). The van der Waals surface area contributed by atoms with E-state index in [9.17, 15) is 0 Å². The molecule has 1 nitrogen and oxygen atoms in total. The maximum absolute atomic E-state index is 6.11. The third-order valence-corrected chi connectivity index (χ3v) is 5.04. The first-order chi connectivity index (χ1) is 8.43. The van der Waals surface area contributed by atoms with Gasteiger partial charge in [0.25, 0.3) is 0 Å². The van der Waals surface area contributed by atoms with Crippen molar-refractivity contribution < 1.29 is 0 Å². The van der Waals surface area contributed by atoms with Gasteiger partial charge < -0.3 is 5.73 Å². The number of benzene rings is 1. The Morgan fingerprint density at radius 1 is 1.22 bits per heavy atom. The summed E-state index contributed by atoms with van der Waals surface area (Å²) in [6.45, 7) is 11.2. The van der Waals surface area contributed by atoms with Crippen LogP contribution in [0.25, 0.3) is 0 Å². The van der Waals surface area contributed by atoms with Crippen molar-refractivity contribution in [3.05, 3.63) is 29.3 Å². The predicted molar refractivity (Wildman–Crippen MR) is 83.3 cm³/mol. The molecule has 0 aliphatic rings.